The van der Waals surface area contributed by atoms with E-state index in [9.17, 15) is 8.42 Å². The van der Waals surface area contributed by atoms with Gasteiger partial charge in [-0.05, 0) is 37.3 Å². The molecule has 1 aromatic carbocycles. The third-order valence-electron chi connectivity index (χ3n) is 2.71. The molecule has 0 saturated heterocycles. The van der Waals surface area contributed by atoms with E-state index < -0.39 is 10.0 Å². The number of nitrogens with one attached hydrogen (secondary N) is 1. The summed E-state index contributed by atoms with van der Waals surface area (Å²) in [4.78, 5) is 4.28. The van der Waals surface area contributed by atoms with Crippen molar-refractivity contribution in [2.75, 3.05) is 11.3 Å². The predicted octanol–water partition coefficient (Wildman–Crippen LogP) is 4.21. The van der Waals surface area contributed by atoms with Crippen molar-refractivity contribution in [3.8, 4) is 5.75 Å². The van der Waals surface area contributed by atoms with Crippen molar-refractivity contribution in [3.63, 3.8) is 0 Å². The minimum absolute atomic E-state index is 0.159. The predicted molar refractivity (Wildman–Crippen MR) is 90.9 cm³/mol. The molecule has 2 aromatic heterocycles. The van der Waals surface area contributed by atoms with Crippen LogP contribution in [0, 0.1) is 0 Å². The average molecular weight is 375 g/mol. The molecular weight excluding hydrogens is 364 g/mol. The summed E-state index contributed by atoms with van der Waals surface area (Å²) < 4.78 is 33.8. The van der Waals surface area contributed by atoms with Gasteiger partial charge >= 0.3 is 0 Å². The Bertz CT molecular complexity index is 918. The van der Waals surface area contributed by atoms with Gasteiger partial charge in [0.05, 0.1) is 21.2 Å². The first-order valence-electron chi connectivity index (χ1n) is 6.29. The summed E-state index contributed by atoms with van der Waals surface area (Å²) in [7, 11) is -3.66. The van der Waals surface area contributed by atoms with E-state index in [-0.39, 0.29) is 4.21 Å². The van der Waals surface area contributed by atoms with Crippen molar-refractivity contribution in [3.05, 3.63) is 34.7 Å². The maximum Gasteiger partial charge on any atom is 0.273 e. The van der Waals surface area contributed by atoms with E-state index in [2.05, 4.69) is 9.71 Å². The second-order valence-electron chi connectivity index (χ2n) is 4.25. The zero-order valence-electron chi connectivity index (χ0n) is 11.4. The number of rotatable bonds is 5. The highest BCUT2D eigenvalue weighted by Gasteiger charge is 2.18. The molecule has 0 saturated carbocycles. The maximum absolute atomic E-state index is 12.2. The molecular formula is C13H11ClN2O3S3. The standard InChI is InChI=1S/C13H11ClN2O3S3/c1-2-19-8-3-4-9-10(7-8)20-13(15-9)16-22(17,18)12-6-5-11(14)21-12/h3-7H,2H2,1H3,(H,15,16). The fraction of sp³-hybridized carbons (Fsp3) is 0.154. The number of sulfonamides is 1. The van der Waals surface area contributed by atoms with Gasteiger partial charge in [-0.25, -0.2) is 13.4 Å². The molecule has 0 spiro atoms. The highest BCUT2D eigenvalue weighted by atomic mass is 35.5. The molecule has 0 aliphatic rings. The smallest absolute Gasteiger partial charge is 0.273 e. The normalized spacial score (nSPS) is 11.7. The van der Waals surface area contributed by atoms with E-state index >= 15 is 0 Å². The van der Waals surface area contributed by atoms with Crippen LogP contribution in [0.4, 0.5) is 5.13 Å². The van der Waals surface area contributed by atoms with E-state index in [1.54, 1.807) is 12.1 Å². The number of aromatic nitrogens is 1. The van der Waals surface area contributed by atoms with Crippen LogP contribution in [-0.2, 0) is 10.0 Å². The van der Waals surface area contributed by atoms with Gasteiger partial charge in [0.15, 0.2) is 5.13 Å². The lowest BCUT2D eigenvalue weighted by molar-refractivity contribution is 0.341. The lowest BCUT2D eigenvalue weighted by atomic mass is 10.3. The largest absolute Gasteiger partial charge is 0.494 e. The Hall–Kier alpha value is -1.35. The van der Waals surface area contributed by atoms with Gasteiger partial charge in [0.1, 0.15) is 9.96 Å². The van der Waals surface area contributed by atoms with Crippen molar-refractivity contribution < 1.29 is 13.2 Å². The Kier molecular flexibility index (Phi) is 4.26. The van der Waals surface area contributed by atoms with Crippen LogP contribution in [0.2, 0.25) is 4.34 Å². The van der Waals surface area contributed by atoms with Crippen LogP contribution < -0.4 is 9.46 Å². The summed E-state index contributed by atoms with van der Waals surface area (Å²) in [6.45, 7) is 2.48. The Labute approximate surface area is 140 Å². The lowest BCUT2D eigenvalue weighted by Crippen LogP contribution is -2.10. The monoisotopic (exact) mass is 374 g/mol. The Morgan fingerprint density at radius 3 is 2.77 bits per heavy atom. The molecule has 116 valence electrons. The molecule has 0 fully saturated rings. The summed E-state index contributed by atoms with van der Waals surface area (Å²) >= 11 is 8.04. The summed E-state index contributed by atoms with van der Waals surface area (Å²) in [5.41, 5.74) is 0.718. The molecule has 0 radical (unpaired) electrons. The van der Waals surface area contributed by atoms with Gasteiger partial charge in [0.25, 0.3) is 10.0 Å². The molecule has 0 amide bonds. The highest BCUT2D eigenvalue weighted by molar-refractivity contribution is 7.95. The van der Waals surface area contributed by atoms with E-state index in [0.29, 0.717) is 16.1 Å². The number of anilines is 1. The van der Waals surface area contributed by atoms with Crippen molar-refractivity contribution in [2.45, 2.75) is 11.1 Å². The van der Waals surface area contributed by atoms with Gasteiger partial charge < -0.3 is 4.74 Å². The second kappa shape index (κ2) is 6.04. The Morgan fingerprint density at radius 1 is 1.27 bits per heavy atom. The van der Waals surface area contributed by atoms with Crippen LogP contribution in [0.1, 0.15) is 6.92 Å². The molecule has 9 heteroatoms. The van der Waals surface area contributed by atoms with Crippen LogP contribution >= 0.6 is 34.3 Å². The molecule has 3 rings (SSSR count). The van der Waals surface area contributed by atoms with Crippen molar-refractivity contribution in [2.24, 2.45) is 0 Å². The SMILES string of the molecule is CCOc1ccc2nc(NS(=O)(=O)c3ccc(Cl)s3)sc2c1. The molecule has 1 N–H and O–H groups in total. The fourth-order valence-corrected chi connectivity index (χ4v) is 5.42. The fourth-order valence-electron chi connectivity index (χ4n) is 1.81. The van der Waals surface area contributed by atoms with E-state index in [4.69, 9.17) is 16.3 Å². The van der Waals surface area contributed by atoms with Gasteiger partial charge in [0, 0.05) is 0 Å². The Balaban J connectivity index is 1.90. The number of hydrogen-bond donors (Lipinski definition) is 1. The number of thiazole rings is 1. The van der Waals surface area contributed by atoms with Crippen LogP contribution in [0.5, 0.6) is 5.75 Å². The highest BCUT2D eigenvalue weighted by Crippen LogP contribution is 2.32. The Morgan fingerprint density at radius 2 is 2.09 bits per heavy atom. The first-order valence-corrected chi connectivity index (χ1v) is 9.79. The summed E-state index contributed by atoms with van der Waals surface area (Å²) in [5, 5.41) is 0.313. The first-order chi connectivity index (χ1) is 10.5. The molecule has 0 aliphatic carbocycles. The number of ether oxygens (including phenoxy) is 1. The van der Waals surface area contributed by atoms with Crippen molar-refractivity contribution >= 4 is 59.6 Å². The van der Waals surface area contributed by atoms with Crippen LogP contribution in [0.25, 0.3) is 10.2 Å². The second-order valence-corrected chi connectivity index (χ2v) is 8.90. The summed E-state index contributed by atoms with van der Waals surface area (Å²) in [6, 6.07) is 8.47. The van der Waals surface area contributed by atoms with E-state index in [1.165, 1.54) is 17.4 Å². The molecule has 0 bridgehead atoms. The number of benzene rings is 1. The topological polar surface area (TPSA) is 68.3 Å². The molecule has 3 aromatic rings. The zero-order valence-corrected chi connectivity index (χ0v) is 14.6. The van der Waals surface area contributed by atoms with Gasteiger partial charge in [-0.2, -0.15) is 0 Å². The number of halogens is 1. The molecule has 0 atom stereocenters. The van der Waals surface area contributed by atoms with Gasteiger partial charge in [0.2, 0.25) is 0 Å². The summed E-state index contributed by atoms with van der Waals surface area (Å²) in [5.74, 6) is 0.734. The van der Waals surface area contributed by atoms with Crippen molar-refractivity contribution in [1.82, 2.24) is 4.98 Å². The van der Waals surface area contributed by atoms with Gasteiger partial charge in [-0.3, -0.25) is 4.72 Å². The maximum atomic E-state index is 12.2. The number of thiophene rings is 1. The number of nitrogens with zero attached hydrogens (tertiary/aromatic N) is 1. The number of fused-ring (bicyclic) bond motifs is 1. The molecule has 5 nitrogen and oxygen atoms in total. The van der Waals surface area contributed by atoms with Crippen LogP contribution in [-0.4, -0.2) is 20.0 Å². The van der Waals surface area contributed by atoms with Gasteiger partial charge in [-0.15, -0.1) is 11.3 Å². The zero-order chi connectivity index (χ0) is 15.7. The first kappa shape index (κ1) is 15.5. The number of hydrogen-bond acceptors (Lipinski definition) is 6. The van der Waals surface area contributed by atoms with Crippen LogP contribution in [0.3, 0.4) is 0 Å². The third kappa shape index (κ3) is 3.19. The minimum Gasteiger partial charge on any atom is -0.494 e. The van der Waals surface area contributed by atoms with Gasteiger partial charge in [-0.1, -0.05) is 22.9 Å². The molecule has 2 heterocycles. The minimum atomic E-state index is -3.66. The third-order valence-corrected chi connectivity index (χ3v) is 6.83. The average Bonchev–Trinajstić information content (AvgIpc) is 3.04. The van der Waals surface area contributed by atoms with Crippen LogP contribution in [0.15, 0.2) is 34.5 Å². The summed E-state index contributed by atoms with van der Waals surface area (Å²) in [6.07, 6.45) is 0. The van der Waals surface area contributed by atoms with Crippen molar-refractivity contribution in [1.29, 1.82) is 0 Å². The van der Waals surface area contributed by atoms with E-state index in [0.717, 1.165) is 27.3 Å². The lowest BCUT2D eigenvalue weighted by Gasteiger charge is -2.01. The molecule has 0 unspecified atom stereocenters. The molecule has 22 heavy (non-hydrogen) atoms. The quantitative estimate of drug-likeness (QED) is 0.726. The van der Waals surface area contributed by atoms with E-state index in [1.807, 2.05) is 19.1 Å². The molecule has 0 aliphatic heterocycles.